The lowest BCUT2D eigenvalue weighted by molar-refractivity contribution is 0.855. The summed E-state index contributed by atoms with van der Waals surface area (Å²) in [7, 11) is 0. The fourth-order valence-corrected chi connectivity index (χ4v) is 2.67. The van der Waals surface area contributed by atoms with Gasteiger partial charge in [-0.3, -0.25) is 0 Å². The van der Waals surface area contributed by atoms with Crippen LogP contribution in [0.25, 0.3) is 10.6 Å². The molecular formula is C11H12ClN3S. The van der Waals surface area contributed by atoms with Crippen molar-refractivity contribution in [3.05, 3.63) is 28.4 Å². The number of rotatable bonds is 2. The summed E-state index contributed by atoms with van der Waals surface area (Å²) in [5, 5.41) is 0. The van der Waals surface area contributed by atoms with E-state index >= 15 is 0 Å². The van der Waals surface area contributed by atoms with E-state index in [9.17, 15) is 0 Å². The van der Waals surface area contributed by atoms with Crippen LogP contribution < -0.4 is 5.73 Å². The number of halogens is 1. The second-order valence-electron chi connectivity index (χ2n) is 3.78. The summed E-state index contributed by atoms with van der Waals surface area (Å²) in [5.74, 6) is 0.835. The monoisotopic (exact) mass is 253 g/mol. The minimum atomic E-state index is 0.289. The van der Waals surface area contributed by atoms with Gasteiger partial charge in [-0.05, 0) is 18.1 Å². The van der Waals surface area contributed by atoms with Gasteiger partial charge in [0.2, 0.25) is 0 Å². The Hall–Kier alpha value is -1.13. The SMILES string of the molecule is CC(C)c1c(N)ncnc1-c1ccc(Cl)s1. The van der Waals surface area contributed by atoms with Gasteiger partial charge in [0.25, 0.3) is 0 Å². The van der Waals surface area contributed by atoms with Gasteiger partial charge in [0.1, 0.15) is 12.1 Å². The molecule has 0 fully saturated rings. The molecule has 0 unspecified atom stereocenters. The van der Waals surface area contributed by atoms with Gasteiger partial charge in [0.05, 0.1) is 14.9 Å². The van der Waals surface area contributed by atoms with Gasteiger partial charge in [-0.25, -0.2) is 9.97 Å². The summed E-state index contributed by atoms with van der Waals surface area (Å²) < 4.78 is 0.752. The summed E-state index contributed by atoms with van der Waals surface area (Å²) in [4.78, 5) is 9.37. The van der Waals surface area contributed by atoms with Gasteiger partial charge in [-0.15, -0.1) is 11.3 Å². The summed E-state index contributed by atoms with van der Waals surface area (Å²) in [6.07, 6.45) is 1.49. The Morgan fingerprint density at radius 2 is 2.06 bits per heavy atom. The highest BCUT2D eigenvalue weighted by molar-refractivity contribution is 7.19. The lowest BCUT2D eigenvalue weighted by Gasteiger charge is -2.11. The number of hydrogen-bond donors (Lipinski definition) is 1. The van der Waals surface area contributed by atoms with Crippen molar-refractivity contribution in [1.29, 1.82) is 0 Å². The molecule has 0 saturated carbocycles. The fourth-order valence-electron chi connectivity index (χ4n) is 1.62. The maximum absolute atomic E-state index is 5.93. The number of nitrogens with two attached hydrogens (primary N) is 1. The third-order valence-electron chi connectivity index (χ3n) is 2.30. The van der Waals surface area contributed by atoms with E-state index < -0.39 is 0 Å². The van der Waals surface area contributed by atoms with E-state index in [0.29, 0.717) is 5.82 Å². The van der Waals surface area contributed by atoms with Gasteiger partial charge in [-0.1, -0.05) is 25.4 Å². The first kappa shape index (κ1) is 11.4. The maximum atomic E-state index is 5.93. The molecule has 0 aromatic carbocycles. The van der Waals surface area contributed by atoms with Crippen molar-refractivity contribution in [2.24, 2.45) is 0 Å². The molecule has 0 spiro atoms. The van der Waals surface area contributed by atoms with Crippen LogP contribution in [0.4, 0.5) is 5.82 Å². The molecule has 0 radical (unpaired) electrons. The molecule has 3 nitrogen and oxygen atoms in total. The second kappa shape index (κ2) is 4.39. The smallest absolute Gasteiger partial charge is 0.130 e. The van der Waals surface area contributed by atoms with Crippen molar-refractivity contribution in [1.82, 2.24) is 9.97 Å². The average Bonchev–Trinajstić information content (AvgIpc) is 2.63. The Balaban J connectivity index is 2.60. The first-order valence-corrected chi connectivity index (χ1v) is 6.15. The van der Waals surface area contributed by atoms with Crippen molar-refractivity contribution in [3.63, 3.8) is 0 Å². The Kier molecular flexibility index (Phi) is 3.12. The van der Waals surface area contributed by atoms with Crippen LogP contribution in [-0.2, 0) is 0 Å². The van der Waals surface area contributed by atoms with E-state index in [4.69, 9.17) is 17.3 Å². The third-order valence-corrected chi connectivity index (χ3v) is 3.54. The van der Waals surface area contributed by atoms with Crippen molar-refractivity contribution in [2.75, 3.05) is 5.73 Å². The molecule has 16 heavy (non-hydrogen) atoms. The Morgan fingerprint density at radius 1 is 1.31 bits per heavy atom. The van der Waals surface area contributed by atoms with Crippen LogP contribution >= 0.6 is 22.9 Å². The molecule has 0 amide bonds. The molecule has 2 heterocycles. The molecule has 0 aliphatic carbocycles. The molecular weight excluding hydrogens is 242 g/mol. The number of aromatic nitrogens is 2. The van der Waals surface area contributed by atoms with Gasteiger partial charge >= 0.3 is 0 Å². The number of thiophene rings is 1. The van der Waals surface area contributed by atoms with Gasteiger partial charge in [0.15, 0.2) is 0 Å². The molecule has 2 aromatic heterocycles. The first-order chi connectivity index (χ1) is 7.59. The molecule has 5 heteroatoms. The van der Waals surface area contributed by atoms with Crippen molar-refractivity contribution >= 4 is 28.8 Å². The number of nitrogens with zero attached hydrogens (tertiary/aromatic N) is 2. The highest BCUT2D eigenvalue weighted by Gasteiger charge is 2.15. The van der Waals surface area contributed by atoms with Crippen molar-refractivity contribution < 1.29 is 0 Å². The van der Waals surface area contributed by atoms with E-state index in [1.54, 1.807) is 0 Å². The molecule has 2 N–H and O–H groups in total. The number of nitrogen functional groups attached to an aromatic ring is 1. The van der Waals surface area contributed by atoms with Crippen LogP contribution in [-0.4, -0.2) is 9.97 Å². The molecule has 0 aliphatic heterocycles. The number of hydrogen-bond acceptors (Lipinski definition) is 4. The largest absolute Gasteiger partial charge is 0.383 e. The molecule has 0 bridgehead atoms. The standard InChI is InChI=1S/C11H12ClN3S/c1-6(2)9-10(14-5-15-11(9)13)7-3-4-8(12)16-7/h3-6H,1-2H3,(H2,13,14,15). The Morgan fingerprint density at radius 3 is 2.62 bits per heavy atom. The Labute approximate surface area is 103 Å². The summed E-state index contributed by atoms with van der Waals surface area (Å²) in [5.41, 5.74) is 7.76. The maximum Gasteiger partial charge on any atom is 0.130 e. The summed E-state index contributed by atoms with van der Waals surface area (Å²) >= 11 is 7.43. The highest BCUT2D eigenvalue weighted by Crippen LogP contribution is 2.35. The minimum Gasteiger partial charge on any atom is -0.383 e. The lowest BCUT2D eigenvalue weighted by atomic mass is 10.0. The molecule has 0 saturated heterocycles. The van der Waals surface area contributed by atoms with Crippen LogP contribution in [0.3, 0.4) is 0 Å². The summed E-state index contributed by atoms with van der Waals surface area (Å²) in [6, 6.07) is 3.82. The van der Waals surface area contributed by atoms with E-state index in [1.165, 1.54) is 17.7 Å². The molecule has 2 rings (SSSR count). The predicted octanol–water partition coefficient (Wildman–Crippen LogP) is 3.56. The topological polar surface area (TPSA) is 51.8 Å². The van der Waals surface area contributed by atoms with Gasteiger partial charge in [-0.2, -0.15) is 0 Å². The molecule has 84 valence electrons. The zero-order chi connectivity index (χ0) is 11.7. The van der Waals surface area contributed by atoms with Gasteiger partial charge in [0, 0.05) is 5.56 Å². The number of anilines is 1. The normalized spacial score (nSPS) is 11.0. The fraction of sp³-hybridized carbons (Fsp3) is 0.273. The zero-order valence-corrected chi connectivity index (χ0v) is 10.6. The van der Waals surface area contributed by atoms with Crippen LogP contribution in [0.2, 0.25) is 4.34 Å². The quantitative estimate of drug-likeness (QED) is 0.890. The van der Waals surface area contributed by atoms with Crippen LogP contribution in [0.5, 0.6) is 0 Å². The average molecular weight is 254 g/mol. The van der Waals surface area contributed by atoms with Crippen molar-refractivity contribution in [3.8, 4) is 10.6 Å². The van der Waals surface area contributed by atoms with Crippen LogP contribution in [0.15, 0.2) is 18.5 Å². The van der Waals surface area contributed by atoms with E-state index in [-0.39, 0.29) is 5.92 Å². The summed E-state index contributed by atoms with van der Waals surface area (Å²) in [6.45, 7) is 4.15. The van der Waals surface area contributed by atoms with Crippen LogP contribution in [0.1, 0.15) is 25.3 Å². The molecule has 0 atom stereocenters. The lowest BCUT2D eigenvalue weighted by Crippen LogP contribution is -2.03. The zero-order valence-electron chi connectivity index (χ0n) is 9.07. The Bertz CT molecular complexity index is 508. The van der Waals surface area contributed by atoms with E-state index in [0.717, 1.165) is 20.5 Å². The molecule has 2 aromatic rings. The van der Waals surface area contributed by atoms with Crippen LogP contribution in [0, 0.1) is 0 Å². The van der Waals surface area contributed by atoms with Gasteiger partial charge < -0.3 is 5.73 Å². The molecule has 0 aliphatic rings. The predicted molar refractivity (Wildman–Crippen MR) is 68.9 cm³/mol. The highest BCUT2D eigenvalue weighted by atomic mass is 35.5. The van der Waals surface area contributed by atoms with E-state index in [1.807, 2.05) is 12.1 Å². The first-order valence-electron chi connectivity index (χ1n) is 4.95. The minimum absolute atomic E-state index is 0.289. The van der Waals surface area contributed by atoms with Crippen molar-refractivity contribution in [2.45, 2.75) is 19.8 Å². The third kappa shape index (κ3) is 2.03. The second-order valence-corrected chi connectivity index (χ2v) is 5.49. The van der Waals surface area contributed by atoms with E-state index in [2.05, 4.69) is 23.8 Å².